The molecule has 0 aromatic carbocycles. The van der Waals surface area contributed by atoms with Gasteiger partial charge in [0.15, 0.2) is 0 Å². The Balaban J connectivity index is 0.00000225. The molecule has 1 aliphatic rings. The summed E-state index contributed by atoms with van der Waals surface area (Å²) >= 11 is 0. The summed E-state index contributed by atoms with van der Waals surface area (Å²) in [4.78, 5) is 24.5. The number of nitrogens with zero attached hydrogens (tertiary/aromatic N) is 1. The van der Waals surface area contributed by atoms with Crippen LogP contribution in [0.4, 0.5) is 0 Å². The van der Waals surface area contributed by atoms with Crippen molar-refractivity contribution >= 4 is 24.2 Å². The van der Waals surface area contributed by atoms with E-state index < -0.39 is 0 Å². The highest BCUT2D eigenvalue weighted by Crippen LogP contribution is 2.04. The van der Waals surface area contributed by atoms with Crippen molar-refractivity contribution < 1.29 is 9.59 Å². The van der Waals surface area contributed by atoms with Crippen molar-refractivity contribution in [1.82, 2.24) is 15.5 Å². The molecule has 6 heteroatoms. The van der Waals surface area contributed by atoms with Crippen molar-refractivity contribution in [3.8, 4) is 0 Å². The van der Waals surface area contributed by atoms with Gasteiger partial charge in [-0.25, -0.2) is 0 Å². The quantitative estimate of drug-likeness (QED) is 0.723. The first kappa shape index (κ1) is 15.2. The van der Waals surface area contributed by atoms with Gasteiger partial charge in [-0.15, -0.1) is 12.4 Å². The van der Waals surface area contributed by atoms with Crippen molar-refractivity contribution in [1.29, 1.82) is 0 Å². The molecule has 0 bridgehead atoms. The lowest BCUT2D eigenvalue weighted by Crippen LogP contribution is -2.55. The van der Waals surface area contributed by atoms with Crippen LogP contribution < -0.4 is 10.6 Å². The van der Waals surface area contributed by atoms with Gasteiger partial charge in [-0.1, -0.05) is 0 Å². The molecule has 0 aromatic heterocycles. The average Bonchev–Trinajstić information content (AvgIpc) is 1.98. The standard InChI is InChI=1S/C10H19N3O2.ClH/c1-7(2)12-9(14)6-13(3)10(15)8-4-5-11-8;/h7-8,11H,4-6H2,1-3H3,(H,12,14);1H/t8-;/m1./s1. The molecule has 0 saturated carbocycles. The van der Waals surface area contributed by atoms with E-state index >= 15 is 0 Å². The van der Waals surface area contributed by atoms with Crippen LogP contribution in [-0.4, -0.2) is 48.9 Å². The van der Waals surface area contributed by atoms with Crippen LogP contribution in [0.1, 0.15) is 20.3 Å². The maximum absolute atomic E-state index is 11.6. The minimum Gasteiger partial charge on any atom is -0.352 e. The van der Waals surface area contributed by atoms with Gasteiger partial charge in [0.1, 0.15) is 0 Å². The van der Waals surface area contributed by atoms with Crippen LogP contribution in [-0.2, 0) is 9.59 Å². The highest BCUT2D eigenvalue weighted by Gasteiger charge is 2.27. The van der Waals surface area contributed by atoms with Gasteiger partial charge in [0, 0.05) is 13.1 Å². The number of rotatable bonds is 4. The van der Waals surface area contributed by atoms with E-state index in [2.05, 4.69) is 10.6 Å². The number of likely N-dealkylation sites (N-methyl/N-ethyl adjacent to an activating group) is 1. The Kier molecular flexibility index (Phi) is 6.36. The largest absolute Gasteiger partial charge is 0.352 e. The fourth-order valence-electron chi connectivity index (χ4n) is 1.43. The smallest absolute Gasteiger partial charge is 0.239 e. The average molecular weight is 250 g/mol. The summed E-state index contributed by atoms with van der Waals surface area (Å²) in [5.74, 6) is -0.111. The second-order valence-corrected chi connectivity index (χ2v) is 4.21. The van der Waals surface area contributed by atoms with E-state index in [-0.39, 0.29) is 42.8 Å². The molecular formula is C10H20ClN3O2. The predicted octanol–water partition coefficient (Wildman–Crippen LogP) is -0.247. The number of hydrogen-bond acceptors (Lipinski definition) is 3. The lowest BCUT2D eigenvalue weighted by atomic mass is 10.1. The fraction of sp³-hybridized carbons (Fsp3) is 0.800. The van der Waals surface area contributed by atoms with Crippen molar-refractivity contribution in [3.05, 3.63) is 0 Å². The molecule has 2 N–H and O–H groups in total. The molecule has 0 radical (unpaired) electrons. The second-order valence-electron chi connectivity index (χ2n) is 4.21. The molecule has 2 amide bonds. The predicted molar refractivity (Wildman–Crippen MR) is 64.6 cm³/mol. The molecule has 1 saturated heterocycles. The maximum Gasteiger partial charge on any atom is 0.239 e. The molecule has 1 rings (SSSR count). The highest BCUT2D eigenvalue weighted by molar-refractivity contribution is 5.87. The Labute approximate surface area is 102 Å². The van der Waals surface area contributed by atoms with Gasteiger partial charge >= 0.3 is 0 Å². The zero-order valence-electron chi connectivity index (χ0n) is 9.95. The van der Waals surface area contributed by atoms with Gasteiger partial charge in [-0.2, -0.15) is 0 Å². The first-order valence-electron chi connectivity index (χ1n) is 5.28. The molecule has 0 spiro atoms. The zero-order valence-corrected chi connectivity index (χ0v) is 10.8. The van der Waals surface area contributed by atoms with Crippen LogP contribution in [0.2, 0.25) is 0 Å². The molecule has 5 nitrogen and oxygen atoms in total. The van der Waals surface area contributed by atoms with Crippen molar-refractivity contribution in [3.63, 3.8) is 0 Å². The van der Waals surface area contributed by atoms with Gasteiger partial charge in [-0.3, -0.25) is 9.59 Å². The normalized spacial score (nSPS) is 18.4. The monoisotopic (exact) mass is 249 g/mol. The van der Waals surface area contributed by atoms with Crippen molar-refractivity contribution in [2.75, 3.05) is 20.1 Å². The number of carbonyl (C=O) groups excluding carboxylic acids is 2. The second kappa shape index (κ2) is 6.70. The summed E-state index contributed by atoms with van der Waals surface area (Å²) in [5, 5.41) is 5.77. The molecule has 0 aliphatic carbocycles. The van der Waals surface area contributed by atoms with Gasteiger partial charge < -0.3 is 15.5 Å². The van der Waals surface area contributed by atoms with Crippen LogP contribution in [0, 0.1) is 0 Å². The molecule has 1 heterocycles. The third-order valence-corrected chi connectivity index (χ3v) is 2.33. The van der Waals surface area contributed by atoms with Crippen LogP contribution in [0.25, 0.3) is 0 Å². The lowest BCUT2D eigenvalue weighted by molar-refractivity contribution is -0.137. The highest BCUT2D eigenvalue weighted by atomic mass is 35.5. The van der Waals surface area contributed by atoms with E-state index in [0.29, 0.717) is 0 Å². The van der Waals surface area contributed by atoms with Crippen LogP contribution in [0.3, 0.4) is 0 Å². The Morgan fingerprint density at radius 3 is 2.44 bits per heavy atom. The van der Waals surface area contributed by atoms with Crippen molar-refractivity contribution in [2.24, 2.45) is 0 Å². The number of amides is 2. The Morgan fingerprint density at radius 1 is 1.50 bits per heavy atom. The Hall–Kier alpha value is -0.810. The van der Waals surface area contributed by atoms with E-state index in [1.165, 1.54) is 4.90 Å². The third kappa shape index (κ3) is 4.37. The molecule has 1 fully saturated rings. The van der Waals surface area contributed by atoms with Crippen LogP contribution in [0.15, 0.2) is 0 Å². The van der Waals surface area contributed by atoms with Gasteiger partial charge in [0.05, 0.1) is 12.6 Å². The first-order valence-corrected chi connectivity index (χ1v) is 5.28. The minimum absolute atomic E-state index is 0. The molecule has 1 aliphatic heterocycles. The third-order valence-electron chi connectivity index (χ3n) is 2.33. The first-order chi connectivity index (χ1) is 7.00. The zero-order chi connectivity index (χ0) is 11.4. The molecular weight excluding hydrogens is 230 g/mol. The number of halogens is 1. The summed E-state index contributed by atoms with van der Waals surface area (Å²) in [7, 11) is 1.66. The maximum atomic E-state index is 11.6. The summed E-state index contributed by atoms with van der Waals surface area (Å²) in [6.07, 6.45) is 0.870. The molecule has 16 heavy (non-hydrogen) atoms. The lowest BCUT2D eigenvalue weighted by Gasteiger charge is -2.30. The summed E-state index contributed by atoms with van der Waals surface area (Å²) in [6, 6.07) is 0.0321. The topological polar surface area (TPSA) is 61.4 Å². The fourth-order valence-corrected chi connectivity index (χ4v) is 1.43. The number of carbonyl (C=O) groups is 2. The summed E-state index contributed by atoms with van der Waals surface area (Å²) < 4.78 is 0. The van der Waals surface area contributed by atoms with Gasteiger partial charge in [-0.05, 0) is 26.8 Å². The number of hydrogen-bond donors (Lipinski definition) is 2. The molecule has 94 valence electrons. The van der Waals surface area contributed by atoms with Crippen LogP contribution in [0.5, 0.6) is 0 Å². The SMILES string of the molecule is CC(C)NC(=O)CN(C)C(=O)[C@H]1CCN1.Cl. The summed E-state index contributed by atoms with van der Waals surface area (Å²) in [6.45, 7) is 4.82. The Bertz CT molecular complexity index is 254. The molecule has 0 unspecified atom stereocenters. The number of nitrogens with one attached hydrogen (secondary N) is 2. The van der Waals surface area contributed by atoms with Gasteiger partial charge in [0.2, 0.25) is 11.8 Å². The van der Waals surface area contributed by atoms with E-state index in [4.69, 9.17) is 0 Å². The van der Waals surface area contributed by atoms with E-state index in [0.717, 1.165) is 13.0 Å². The molecule has 1 atom stereocenters. The molecule has 0 aromatic rings. The summed E-state index contributed by atoms with van der Waals surface area (Å²) in [5.41, 5.74) is 0. The minimum atomic E-state index is -0.111. The van der Waals surface area contributed by atoms with Crippen molar-refractivity contribution in [2.45, 2.75) is 32.4 Å². The Morgan fingerprint density at radius 2 is 2.06 bits per heavy atom. The van der Waals surface area contributed by atoms with E-state index in [1.807, 2.05) is 13.8 Å². The van der Waals surface area contributed by atoms with E-state index in [9.17, 15) is 9.59 Å². The van der Waals surface area contributed by atoms with E-state index in [1.54, 1.807) is 7.05 Å². The van der Waals surface area contributed by atoms with Crippen LogP contribution >= 0.6 is 12.4 Å². The van der Waals surface area contributed by atoms with Gasteiger partial charge in [0.25, 0.3) is 0 Å².